The van der Waals surface area contributed by atoms with Gasteiger partial charge in [0.05, 0.1) is 11.7 Å². The minimum absolute atomic E-state index is 0.0347. The van der Waals surface area contributed by atoms with Crippen molar-refractivity contribution in [3.8, 4) is 0 Å². The largest absolute Gasteiger partial charge is 0.305 e. The SMILES string of the molecule is CCNC(c1ccc(C)cc1Cl)c1c(Br)nnn1C. The van der Waals surface area contributed by atoms with Gasteiger partial charge in [0, 0.05) is 12.1 Å². The fraction of sp³-hybridized carbons (Fsp3) is 0.385. The Balaban J connectivity index is 2.51. The quantitative estimate of drug-likeness (QED) is 0.927. The standard InChI is InChI=1S/C13H16BrClN4/c1-4-16-11(12-13(14)17-18-19(12)3)9-6-5-8(2)7-10(9)15/h5-7,11,16H,4H2,1-3H3. The summed E-state index contributed by atoms with van der Waals surface area (Å²) < 4.78 is 2.49. The number of benzene rings is 1. The van der Waals surface area contributed by atoms with Crippen molar-refractivity contribution in [3.05, 3.63) is 44.6 Å². The van der Waals surface area contributed by atoms with E-state index in [2.05, 4.69) is 44.5 Å². The van der Waals surface area contributed by atoms with Crippen LogP contribution in [0.5, 0.6) is 0 Å². The van der Waals surface area contributed by atoms with Crippen LogP contribution in [0.15, 0.2) is 22.8 Å². The third-order valence-electron chi connectivity index (χ3n) is 2.98. The lowest BCUT2D eigenvalue weighted by atomic mass is 10.0. The lowest BCUT2D eigenvalue weighted by molar-refractivity contribution is 0.567. The molecule has 0 aliphatic heterocycles. The van der Waals surface area contributed by atoms with Crippen molar-refractivity contribution in [2.24, 2.45) is 7.05 Å². The van der Waals surface area contributed by atoms with E-state index >= 15 is 0 Å². The maximum absolute atomic E-state index is 6.38. The highest BCUT2D eigenvalue weighted by Crippen LogP contribution is 2.31. The van der Waals surface area contributed by atoms with E-state index in [1.54, 1.807) is 4.68 Å². The number of nitrogens with one attached hydrogen (secondary N) is 1. The lowest BCUT2D eigenvalue weighted by Crippen LogP contribution is -2.25. The number of aryl methyl sites for hydroxylation is 2. The van der Waals surface area contributed by atoms with Gasteiger partial charge >= 0.3 is 0 Å². The fourth-order valence-electron chi connectivity index (χ4n) is 2.07. The Morgan fingerprint density at radius 1 is 1.47 bits per heavy atom. The molecule has 1 N–H and O–H groups in total. The maximum atomic E-state index is 6.38. The Bertz CT molecular complexity index is 563. The third-order valence-corrected chi connectivity index (χ3v) is 3.87. The number of aromatic nitrogens is 3. The third kappa shape index (κ3) is 2.99. The highest BCUT2D eigenvalue weighted by atomic mass is 79.9. The zero-order valence-corrected chi connectivity index (χ0v) is 13.5. The van der Waals surface area contributed by atoms with E-state index in [4.69, 9.17) is 11.6 Å². The second-order valence-corrected chi connectivity index (χ2v) is 5.56. The van der Waals surface area contributed by atoms with Crippen molar-refractivity contribution in [3.63, 3.8) is 0 Å². The van der Waals surface area contributed by atoms with Crippen LogP contribution >= 0.6 is 27.5 Å². The van der Waals surface area contributed by atoms with Gasteiger partial charge in [-0.1, -0.05) is 35.9 Å². The molecule has 4 nitrogen and oxygen atoms in total. The molecule has 0 saturated carbocycles. The van der Waals surface area contributed by atoms with Gasteiger partial charge in [-0.25, -0.2) is 4.68 Å². The molecular weight excluding hydrogens is 328 g/mol. The molecule has 0 bridgehead atoms. The van der Waals surface area contributed by atoms with Crippen LogP contribution in [-0.2, 0) is 7.05 Å². The molecule has 0 fully saturated rings. The van der Waals surface area contributed by atoms with Crippen LogP contribution in [0.4, 0.5) is 0 Å². The van der Waals surface area contributed by atoms with Gasteiger partial charge in [-0.2, -0.15) is 0 Å². The molecule has 1 aromatic heterocycles. The summed E-state index contributed by atoms with van der Waals surface area (Å²) in [6, 6.07) is 6.04. The first kappa shape index (κ1) is 14.5. The Hall–Kier alpha value is -0.910. The van der Waals surface area contributed by atoms with Crippen LogP contribution in [0, 0.1) is 6.92 Å². The summed E-state index contributed by atoms with van der Waals surface area (Å²) in [6.07, 6.45) is 0. The molecule has 102 valence electrons. The number of nitrogens with zero attached hydrogens (tertiary/aromatic N) is 3. The van der Waals surface area contributed by atoms with Crippen molar-refractivity contribution in [2.75, 3.05) is 6.54 Å². The highest BCUT2D eigenvalue weighted by molar-refractivity contribution is 9.10. The minimum atomic E-state index is -0.0347. The number of rotatable bonds is 4. The summed E-state index contributed by atoms with van der Waals surface area (Å²) in [5, 5.41) is 12.2. The normalized spacial score (nSPS) is 12.7. The molecular formula is C13H16BrClN4. The molecule has 19 heavy (non-hydrogen) atoms. The molecule has 1 heterocycles. The smallest absolute Gasteiger partial charge is 0.153 e. The fourth-order valence-corrected chi connectivity index (χ4v) is 2.97. The first-order valence-corrected chi connectivity index (χ1v) is 7.26. The zero-order valence-electron chi connectivity index (χ0n) is 11.1. The molecule has 0 aliphatic carbocycles. The molecule has 2 rings (SSSR count). The van der Waals surface area contributed by atoms with E-state index in [9.17, 15) is 0 Å². The maximum Gasteiger partial charge on any atom is 0.153 e. The van der Waals surface area contributed by atoms with Gasteiger partial charge in [-0.05, 0) is 46.6 Å². The summed E-state index contributed by atoms with van der Waals surface area (Å²) in [4.78, 5) is 0. The van der Waals surface area contributed by atoms with E-state index in [-0.39, 0.29) is 6.04 Å². The van der Waals surface area contributed by atoms with Gasteiger partial charge in [-0.15, -0.1) is 5.10 Å². The predicted molar refractivity (Wildman–Crippen MR) is 80.4 cm³/mol. The van der Waals surface area contributed by atoms with Crippen LogP contribution < -0.4 is 5.32 Å². The second-order valence-electron chi connectivity index (χ2n) is 4.40. The summed E-state index contributed by atoms with van der Waals surface area (Å²) >= 11 is 9.82. The van der Waals surface area contributed by atoms with Crippen LogP contribution in [0.3, 0.4) is 0 Å². The zero-order chi connectivity index (χ0) is 14.0. The van der Waals surface area contributed by atoms with Gasteiger partial charge in [0.2, 0.25) is 0 Å². The van der Waals surface area contributed by atoms with Gasteiger partial charge in [0.1, 0.15) is 0 Å². The molecule has 1 aromatic carbocycles. The van der Waals surface area contributed by atoms with Crippen LogP contribution in [-0.4, -0.2) is 21.5 Å². The Morgan fingerprint density at radius 3 is 2.74 bits per heavy atom. The number of hydrogen-bond donors (Lipinski definition) is 1. The summed E-state index contributed by atoms with van der Waals surface area (Å²) in [6.45, 7) is 4.92. The molecule has 0 spiro atoms. The molecule has 0 radical (unpaired) electrons. The van der Waals surface area contributed by atoms with Crippen molar-refractivity contribution >= 4 is 27.5 Å². The Morgan fingerprint density at radius 2 is 2.21 bits per heavy atom. The van der Waals surface area contributed by atoms with E-state index in [1.165, 1.54) is 0 Å². The van der Waals surface area contributed by atoms with Gasteiger partial charge in [0.25, 0.3) is 0 Å². The van der Waals surface area contributed by atoms with Crippen LogP contribution in [0.2, 0.25) is 5.02 Å². The first-order chi connectivity index (χ1) is 9.04. The Labute approximate surface area is 126 Å². The van der Waals surface area contributed by atoms with Crippen molar-refractivity contribution < 1.29 is 0 Å². The topological polar surface area (TPSA) is 42.7 Å². The monoisotopic (exact) mass is 342 g/mol. The van der Waals surface area contributed by atoms with Crippen LogP contribution in [0.25, 0.3) is 0 Å². The van der Waals surface area contributed by atoms with Crippen molar-refractivity contribution in [1.29, 1.82) is 0 Å². The molecule has 1 atom stereocenters. The lowest BCUT2D eigenvalue weighted by Gasteiger charge is -2.20. The first-order valence-electron chi connectivity index (χ1n) is 6.09. The average Bonchev–Trinajstić information content (AvgIpc) is 2.67. The average molecular weight is 344 g/mol. The van der Waals surface area contributed by atoms with Gasteiger partial charge < -0.3 is 5.32 Å². The number of halogens is 2. The molecule has 2 aromatic rings. The van der Waals surface area contributed by atoms with E-state index in [1.807, 2.05) is 26.1 Å². The predicted octanol–water partition coefficient (Wildman–Crippen LogP) is 3.24. The molecule has 0 amide bonds. The summed E-state index contributed by atoms with van der Waals surface area (Å²) in [5.41, 5.74) is 3.14. The number of hydrogen-bond acceptors (Lipinski definition) is 3. The second kappa shape index (κ2) is 6.03. The molecule has 6 heteroatoms. The van der Waals surface area contributed by atoms with E-state index in [0.29, 0.717) is 0 Å². The molecule has 1 unspecified atom stereocenters. The Kier molecular flexibility index (Phi) is 4.60. The summed E-state index contributed by atoms with van der Waals surface area (Å²) in [5.74, 6) is 0. The van der Waals surface area contributed by atoms with Crippen molar-refractivity contribution in [2.45, 2.75) is 19.9 Å². The summed E-state index contributed by atoms with van der Waals surface area (Å²) in [7, 11) is 1.87. The van der Waals surface area contributed by atoms with Gasteiger partial charge in [-0.3, -0.25) is 0 Å². The molecule has 0 saturated heterocycles. The van der Waals surface area contributed by atoms with Crippen molar-refractivity contribution in [1.82, 2.24) is 20.3 Å². The highest BCUT2D eigenvalue weighted by Gasteiger charge is 2.23. The van der Waals surface area contributed by atoms with Gasteiger partial charge in [0.15, 0.2) is 4.60 Å². The van der Waals surface area contributed by atoms with E-state index in [0.717, 1.165) is 33.0 Å². The molecule has 0 aliphatic rings. The van der Waals surface area contributed by atoms with Crippen LogP contribution in [0.1, 0.15) is 29.8 Å². The van der Waals surface area contributed by atoms with E-state index < -0.39 is 0 Å². The minimum Gasteiger partial charge on any atom is -0.305 e.